The zero-order chi connectivity index (χ0) is 76.6. The number of para-hydroxylation sites is 1. The zero-order valence-electron chi connectivity index (χ0n) is 70.1. The summed E-state index contributed by atoms with van der Waals surface area (Å²) in [5.74, 6) is 0.204. The van der Waals surface area contributed by atoms with Gasteiger partial charge in [-0.25, -0.2) is 4.79 Å². The van der Waals surface area contributed by atoms with Crippen LogP contribution in [0, 0.1) is 0 Å². The Morgan fingerprint density at radius 1 is 0.376 bits per heavy atom. The lowest BCUT2D eigenvalue weighted by Crippen LogP contribution is -2.65. The molecular formula is C82H154N14O5. The first-order valence-corrected chi connectivity index (χ1v) is 39.3. The van der Waals surface area contributed by atoms with Crippen molar-refractivity contribution in [1.29, 1.82) is 0 Å². The van der Waals surface area contributed by atoms with Crippen molar-refractivity contribution in [2.75, 3.05) is 39.8 Å². The number of phenolic OH excluding ortho intramolecular Hbond substituents is 1. The first kappa shape index (κ1) is 86.3. The maximum absolute atomic E-state index is 15.2. The van der Waals surface area contributed by atoms with Crippen LogP contribution in [-0.4, -0.2) is 208 Å². The van der Waals surface area contributed by atoms with Gasteiger partial charge in [0.05, 0.1) is 12.1 Å². The number of aromatic hydroxyl groups is 1. The second kappa shape index (κ2) is 31.6. The fourth-order valence-corrected chi connectivity index (χ4v) is 21.6. The quantitative estimate of drug-likeness (QED) is 0.0659. The summed E-state index contributed by atoms with van der Waals surface area (Å²) < 4.78 is 0. The van der Waals surface area contributed by atoms with Crippen LogP contribution in [0.5, 0.6) is 5.75 Å². The normalized spacial score (nSPS) is 26.4. The van der Waals surface area contributed by atoms with Gasteiger partial charge in [0.15, 0.2) is 0 Å². The van der Waals surface area contributed by atoms with E-state index in [1.807, 2.05) is 0 Å². The van der Waals surface area contributed by atoms with Crippen molar-refractivity contribution < 1.29 is 24.3 Å². The fourth-order valence-electron chi connectivity index (χ4n) is 21.6. The van der Waals surface area contributed by atoms with E-state index >= 15 is 4.79 Å². The van der Waals surface area contributed by atoms with Crippen LogP contribution in [-0.2, 0) is 9.59 Å². The number of phenols is 1. The van der Waals surface area contributed by atoms with Crippen molar-refractivity contribution in [3.8, 4) is 5.75 Å². The largest absolute Gasteiger partial charge is 0.507 e. The van der Waals surface area contributed by atoms with Crippen LogP contribution in [0.1, 0.15) is 314 Å². The summed E-state index contributed by atoms with van der Waals surface area (Å²) in [6, 6.07) is 8.29. The van der Waals surface area contributed by atoms with Crippen LogP contribution < -0.4 is 53.2 Å². The predicted molar refractivity (Wildman–Crippen MR) is 420 cm³/mol. The minimum absolute atomic E-state index is 0.0154. The van der Waals surface area contributed by atoms with E-state index in [4.69, 9.17) is 0 Å². The molecule has 0 aliphatic carbocycles. The Labute approximate surface area is 616 Å². The Balaban J connectivity index is 0.000000295. The molecule has 8 rings (SSSR count). The van der Waals surface area contributed by atoms with Crippen molar-refractivity contribution in [1.82, 2.24) is 72.8 Å². The molecule has 0 atom stereocenters. The number of benzene rings is 1. The Hall–Kier alpha value is -3.66. The van der Waals surface area contributed by atoms with Gasteiger partial charge in [-0.2, -0.15) is 0 Å². The molecule has 101 heavy (non-hydrogen) atoms. The summed E-state index contributed by atoms with van der Waals surface area (Å²) in [4.78, 5) is 62.8. The SMILES string of the molecule is CC(=O)N(CCCN(C(=O)CN(CCCN(C)C1CC(C)(C)NC(C)(C)C1)C1CC(C)(C)NC(C)(C)C1)C1CC(C)(C)NC(C)(C)C1)C1CC(C)(C)NC(C)(C)C1.CC1(C)CC(NC(=O)NC2CC(C)(C)NC(C)(C)C2)CC(C)(C)N1.CC1(C)CC(NC(=O)c2ccccc2O)CC(C)(C)N1. The van der Waals surface area contributed by atoms with Crippen LogP contribution in [0.2, 0.25) is 0 Å². The minimum Gasteiger partial charge on any atom is -0.507 e. The van der Waals surface area contributed by atoms with Gasteiger partial charge < -0.3 is 73.0 Å². The number of urea groups is 1. The molecular weight excluding hydrogens is 1260 g/mol. The first-order valence-electron chi connectivity index (χ1n) is 39.3. The third-order valence-corrected chi connectivity index (χ3v) is 22.2. The predicted octanol–water partition coefficient (Wildman–Crippen LogP) is 12.2. The lowest BCUT2D eigenvalue weighted by atomic mass is 9.78. The maximum atomic E-state index is 15.2. The Morgan fingerprint density at radius 2 is 0.653 bits per heavy atom. The molecule has 582 valence electrons. The van der Waals surface area contributed by atoms with Gasteiger partial charge in [0.25, 0.3) is 5.91 Å². The van der Waals surface area contributed by atoms with Gasteiger partial charge in [0.2, 0.25) is 11.8 Å². The summed E-state index contributed by atoms with van der Waals surface area (Å²) in [5.41, 5.74) is 0.356. The molecule has 19 heteroatoms. The van der Waals surface area contributed by atoms with Crippen LogP contribution in [0.25, 0.3) is 0 Å². The number of nitrogens with zero attached hydrogens (tertiary/aromatic N) is 4. The first-order chi connectivity index (χ1) is 45.5. The van der Waals surface area contributed by atoms with Crippen LogP contribution in [0.4, 0.5) is 4.79 Å². The van der Waals surface area contributed by atoms with Crippen LogP contribution in [0.15, 0.2) is 24.3 Å². The highest BCUT2D eigenvalue weighted by molar-refractivity contribution is 5.97. The average molecular weight is 1420 g/mol. The van der Waals surface area contributed by atoms with E-state index in [0.717, 1.165) is 116 Å². The highest BCUT2D eigenvalue weighted by Gasteiger charge is 2.48. The molecule has 5 amide bonds. The van der Waals surface area contributed by atoms with Gasteiger partial charge in [-0.1, -0.05) is 12.1 Å². The maximum Gasteiger partial charge on any atom is 0.315 e. The molecule has 19 nitrogen and oxygen atoms in total. The topological polar surface area (TPSA) is 222 Å². The summed E-state index contributed by atoms with van der Waals surface area (Å²) in [6.07, 6.45) is 15.3. The monoisotopic (exact) mass is 1420 g/mol. The molecule has 11 N–H and O–H groups in total. The number of hydrogen-bond donors (Lipinski definition) is 11. The van der Waals surface area contributed by atoms with E-state index in [-0.39, 0.29) is 137 Å². The third kappa shape index (κ3) is 27.9. The van der Waals surface area contributed by atoms with Gasteiger partial charge in [0, 0.05) is 146 Å². The molecule has 7 fully saturated rings. The zero-order valence-corrected chi connectivity index (χ0v) is 70.1. The van der Waals surface area contributed by atoms with Crippen molar-refractivity contribution >= 4 is 23.8 Å². The molecule has 0 saturated carbocycles. The highest BCUT2D eigenvalue weighted by atomic mass is 16.3. The molecule has 0 spiro atoms. The molecule has 7 saturated heterocycles. The average Bonchev–Trinajstić information content (AvgIpc) is 0.796. The number of nitrogens with one attached hydrogen (secondary N) is 10. The van der Waals surface area contributed by atoms with Gasteiger partial charge in [0.1, 0.15) is 5.75 Å². The molecule has 0 bridgehead atoms. The molecule has 0 radical (unpaired) electrons. The molecule has 7 heterocycles. The molecule has 1 aromatic rings. The third-order valence-electron chi connectivity index (χ3n) is 22.2. The molecule has 0 aromatic heterocycles. The number of hydrogen-bond acceptors (Lipinski definition) is 14. The summed E-state index contributed by atoms with van der Waals surface area (Å²) >= 11 is 0. The van der Waals surface area contributed by atoms with Crippen molar-refractivity contribution in [2.45, 2.75) is 423 Å². The molecule has 1 aromatic carbocycles. The van der Waals surface area contributed by atoms with E-state index in [1.165, 1.54) is 6.07 Å². The smallest absolute Gasteiger partial charge is 0.315 e. The van der Waals surface area contributed by atoms with Crippen molar-refractivity contribution in [3.05, 3.63) is 29.8 Å². The van der Waals surface area contributed by atoms with Gasteiger partial charge >= 0.3 is 6.03 Å². The van der Waals surface area contributed by atoms with Gasteiger partial charge in [-0.05, 0) is 322 Å². The number of piperidine rings is 7. The van der Waals surface area contributed by atoms with E-state index in [2.05, 4.69) is 274 Å². The summed E-state index contributed by atoms with van der Waals surface area (Å²) in [6.45, 7) is 68.5. The Kier molecular flexibility index (Phi) is 27.0. The Bertz CT molecular complexity index is 2790. The summed E-state index contributed by atoms with van der Waals surface area (Å²) in [7, 11) is 2.31. The number of carbonyl (C=O) groups is 4. The van der Waals surface area contributed by atoms with Crippen molar-refractivity contribution in [3.63, 3.8) is 0 Å². The molecule has 7 aliphatic rings. The molecule has 0 unspecified atom stereocenters. The second-order valence-corrected chi connectivity index (χ2v) is 42.4. The second-order valence-electron chi connectivity index (χ2n) is 42.4. The Morgan fingerprint density at radius 3 is 0.990 bits per heavy atom. The number of carbonyl (C=O) groups excluding carboxylic acids is 4. The lowest BCUT2D eigenvalue weighted by Gasteiger charge is -2.51. The van der Waals surface area contributed by atoms with Crippen LogP contribution >= 0.6 is 0 Å². The van der Waals surface area contributed by atoms with Crippen LogP contribution in [0.3, 0.4) is 0 Å². The van der Waals surface area contributed by atoms with Crippen molar-refractivity contribution in [2.24, 2.45) is 0 Å². The van der Waals surface area contributed by atoms with Gasteiger partial charge in [-0.15, -0.1) is 0 Å². The van der Waals surface area contributed by atoms with E-state index in [1.54, 1.807) is 25.1 Å². The highest BCUT2D eigenvalue weighted by Crippen LogP contribution is 2.38. The van der Waals surface area contributed by atoms with E-state index < -0.39 is 0 Å². The lowest BCUT2D eigenvalue weighted by molar-refractivity contribution is -0.138. The van der Waals surface area contributed by atoms with Gasteiger partial charge in [-0.3, -0.25) is 19.3 Å². The molecule has 7 aliphatic heterocycles. The number of amides is 5. The fraction of sp³-hybridized carbons (Fsp3) is 0.878. The number of rotatable bonds is 18. The van der Waals surface area contributed by atoms with E-state index in [9.17, 15) is 19.5 Å². The standard InChI is InChI=1S/C47H92N8O2.C19H38N4O.C16H24N2O2/c1-34(56)54(37-29-44(10,11)50-45(12,13)30-37)23-20-24-55(38-31-46(14,15)51-47(16,17)32-38)39(57)33-53(36-27-42(6,7)49-43(8,9)28-36)22-19-21-52(18)35-25-40(2,3)48-41(4,5)26-35;1-16(2)9-13(10-17(3,4)22-16)20-15(24)21-14-11-18(5,6)23-19(7,8)12-14;1-15(2)9-11(10-16(3,4)18-15)17-14(20)12-7-5-6-8-13(12)19/h35-38,48-51H,19-33H2,1-18H3;13-14,22-23H,9-12H2,1-8H3,(H2,20,21,24);5-8,11,18-19H,9-10H2,1-4H3,(H,17,20). The summed E-state index contributed by atoms with van der Waals surface area (Å²) in [5, 5.41) is 45.6. The van der Waals surface area contributed by atoms with E-state index in [0.29, 0.717) is 37.3 Å². The minimum atomic E-state index is -0.207.